The van der Waals surface area contributed by atoms with Gasteiger partial charge in [-0.25, -0.2) is 0 Å². The molecule has 0 amide bonds. The van der Waals surface area contributed by atoms with Gasteiger partial charge in [0.1, 0.15) is 0 Å². The van der Waals surface area contributed by atoms with Crippen LogP contribution >= 0.6 is 0 Å². The Hall–Kier alpha value is -0.260. The smallest absolute Gasteiger partial charge is 0.0353 e. The zero-order chi connectivity index (χ0) is 9.11. The van der Waals surface area contributed by atoms with Crippen molar-refractivity contribution in [1.82, 2.24) is 0 Å². The largest absolute Gasteiger partial charge is 0.103 e. The molecule has 0 aliphatic heterocycles. The first-order valence-electron chi connectivity index (χ1n) is 4.76. The molecule has 0 heterocycles. The second-order valence-electron chi connectivity index (χ2n) is 3.52. The molecule has 0 atom stereocenters. The SMILES string of the molecule is C.C.C=CCCCCC.CC(C)C. The third-order valence-corrected chi connectivity index (χ3v) is 1.01. The highest BCUT2D eigenvalue weighted by atomic mass is 13.8. The summed E-state index contributed by atoms with van der Waals surface area (Å²) in [5.74, 6) is 0.833. The van der Waals surface area contributed by atoms with Gasteiger partial charge in [-0.3, -0.25) is 0 Å². The maximum absolute atomic E-state index is 3.63. The van der Waals surface area contributed by atoms with Crippen molar-refractivity contribution in [3.63, 3.8) is 0 Å². The molecule has 0 bridgehead atoms. The first-order valence-corrected chi connectivity index (χ1v) is 4.76. The van der Waals surface area contributed by atoms with E-state index in [2.05, 4.69) is 34.3 Å². The van der Waals surface area contributed by atoms with E-state index in [-0.39, 0.29) is 14.9 Å². The van der Waals surface area contributed by atoms with Crippen molar-refractivity contribution in [3.05, 3.63) is 12.7 Å². The minimum absolute atomic E-state index is 0. The van der Waals surface area contributed by atoms with Crippen LogP contribution in [0.4, 0.5) is 0 Å². The standard InChI is InChI=1S/C7H14.C4H10.2CH4/c1-3-5-7-6-4-2;1-4(2)3;;/h3H,1,4-7H2,2H3;4H,1-3H3;2*1H4. The summed E-state index contributed by atoms with van der Waals surface area (Å²) in [7, 11) is 0. The fraction of sp³-hybridized carbons (Fsp3) is 0.846. The first-order chi connectivity index (χ1) is 5.15. The topological polar surface area (TPSA) is 0 Å². The lowest BCUT2D eigenvalue weighted by molar-refractivity contribution is 0.730. The summed E-state index contributed by atoms with van der Waals surface area (Å²) >= 11 is 0. The van der Waals surface area contributed by atoms with Gasteiger partial charge < -0.3 is 0 Å². The number of hydrogen-bond donors (Lipinski definition) is 0. The Morgan fingerprint density at radius 1 is 1.08 bits per heavy atom. The van der Waals surface area contributed by atoms with Gasteiger partial charge in [0, 0.05) is 0 Å². The van der Waals surface area contributed by atoms with Crippen molar-refractivity contribution in [3.8, 4) is 0 Å². The number of hydrogen-bond acceptors (Lipinski definition) is 0. The Bertz CT molecular complexity index is 59.7. The van der Waals surface area contributed by atoms with Crippen molar-refractivity contribution >= 4 is 0 Å². The average molecular weight is 188 g/mol. The zero-order valence-corrected chi connectivity index (χ0v) is 8.69. The van der Waals surface area contributed by atoms with E-state index in [1.165, 1.54) is 25.7 Å². The maximum atomic E-state index is 3.63. The van der Waals surface area contributed by atoms with Crippen LogP contribution < -0.4 is 0 Å². The van der Waals surface area contributed by atoms with Crippen molar-refractivity contribution in [2.24, 2.45) is 5.92 Å². The number of unbranched alkanes of at least 4 members (excludes halogenated alkanes) is 3. The van der Waals surface area contributed by atoms with Gasteiger partial charge in [-0.15, -0.1) is 6.58 Å². The second kappa shape index (κ2) is 22.6. The molecule has 0 unspecified atom stereocenters. The highest BCUT2D eigenvalue weighted by Gasteiger charge is 1.77. The first kappa shape index (κ1) is 23.0. The van der Waals surface area contributed by atoms with Crippen molar-refractivity contribution in [1.29, 1.82) is 0 Å². The number of allylic oxidation sites excluding steroid dienone is 1. The maximum Gasteiger partial charge on any atom is -0.0353 e. The van der Waals surface area contributed by atoms with E-state index in [9.17, 15) is 0 Å². The monoisotopic (exact) mass is 188 g/mol. The van der Waals surface area contributed by atoms with Gasteiger partial charge in [0.15, 0.2) is 0 Å². The van der Waals surface area contributed by atoms with Crippen molar-refractivity contribution < 1.29 is 0 Å². The molecule has 0 rings (SSSR count). The molecule has 0 aromatic rings. The number of rotatable bonds is 4. The predicted molar refractivity (Wildman–Crippen MR) is 68.3 cm³/mol. The van der Waals surface area contributed by atoms with Gasteiger partial charge in [0.25, 0.3) is 0 Å². The van der Waals surface area contributed by atoms with Crippen LogP contribution in [0.5, 0.6) is 0 Å². The van der Waals surface area contributed by atoms with Gasteiger partial charge in [0.05, 0.1) is 0 Å². The Morgan fingerprint density at radius 2 is 1.46 bits per heavy atom. The van der Waals surface area contributed by atoms with Crippen LogP contribution in [-0.4, -0.2) is 0 Å². The van der Waals surface area contributed by atoms with Crippen LogP contribution in [0.2, 0.25) is 0 Å². The molecule has 0 nitrogen and oxygen atoms in total. The van der Waals surface area contributed by atoms with Gasteiger partial charge >= 0.3 is 0 Å². The minimum Gasteiger partial charge on any atom is -0.103 e. The molecule has 0 fully saturated rings. The highest BCUT2D eigenvalue weighted by molar-refractivity contribution is 4.64. The minimum atomic E-state index is 0. The summed E-state index contributed by atoms with van der Waals surface area (Å²) in [5, 5.41) is 0. The molecule has 0 saturated heterocycles. The van der Waals surface area contributed by atoms with Gasteiger partial charge in [-0.2, -0.15) is 0 Å². The molecule has 0 aliphatic rings. The van der Waals surface area contributed by atoms with Crippen molar-refractivity contribution in [2.75, 3.05) is 0 Å². The molecule has 0 spiro atoms. The second-order valence-corrected chi connectivity index (χ2v) is 3.52. The molecule has 0 saturated carbocycles. The molecule has 0 radical (unpaired) electrons. The van der Waals surface area contributed by atoms with Crippen molar-refractivity contribution in [2.45, 2.75) is 68.2 Å². The van der Waals surface area contributed by atoms with Gasteiger partial charge in [-0.1, -0.05) is 61.5 Å². The Balaban J connectivity index is -0.0000000600. The van der Waals surface area contributed by atoms with E-state index < -0.39 is 0 Å². The van der Waals surface area contributed by atoms with E-state index in [4.69, 9.17) is 0 Å². The zero-order valence-electron chi connectivity index (χ0n) is 8.69. The fourth-order valence-corrected chi connectivity index (χ4v) is 0.539. The third kappa shape index (κ3) is 79.6. The molecule has 0 N–H and O–H groups in total. The Labute approximate surface area is 87.4 Å². The highest BCUT2D eigenvalue weighted by Crippen LogP contribution is 1.97. The third-order valence-electron chi connectivity index (χ3n) is 1.01. The Kier molecular flexibility index (Phi) is 40.0. The molecule has 84 valence electrons. The molecule has 0 aliphatic carbocycles. The van der Waals surface area contributed by atoms with Crippen LogP contribution in [0.3, 0.4) is 0 Å². The van der Waals surface area contributed by atoms with Crippen LogP contribution in [0.1, 0.15) is 68.2 Å². The van der Waals surface area contributed by atoms with Gasteiger partial charge in [0.2, 0.25) is 0 Å². The lowest BCUT2D eigenvalue weighted by Gasteiger charge is -1.87. The molecular weight excluding hydrogens is 156 g/mol. The van der Waals surface area contributed by atoms with Crippen LogP contribution in [0.25, 0.3) is 0 Å². The molecule has 13 heavy (non-hydrogen) atoms. The van der Waals surface area contributed by atoms with E-state index in [1.54, 1.807) is 0 Å². The van der Waals surface area contributed by atoms with Crippen LogP contribution in [0, 0.1) is 5.92 Å². The predicted octanol–water partition coefficient (Wildman–Crippen LogP) is 5.69. The van der Waals surface area contributed by atoms with Gasteiger partial charge in [-0.05, 0) is 18.8 Å². The Morgan fingerprint density at radius 3 is 1.69 bits per heavy atom. The lowest BCUT2D eigenvalue weighted by Crippen LogP contribution is -1.67. The quantitative estimate of drug-likeness (QED) is 0.393. The van der Waals surface area contributed by atoms with E-state index in [0.717, 1.165) is 5.92 Å². The van der Waals surface area contributed by atoms with E-state index in [1.807, 2.05) is 6.08 Å². The molecular formula is C13H32. The van der Waals surface area contributed by atoms with Crippen LogP contribution in [0.15, 0.2) is 12.7 Å². The lowest BCUT2D eigenvalue weighted by atomic mass is 10.2. The summed E-state index contributed by atoms with van der Waals surface area (Å²) in [5.41, 5.74) is 0. The summed E-state index contributed by atoms with van der Waals surface area (Å²) in [6.07, 6.45) is 7.16. The van der Waals surface area contributed by atoms with E-state index in [0.29, 0.717) is 0 Å². The van der Waals surface area contributed by atoms with E-state index >= 15 is 0 Å². The summed E-state index contributed by atoms with van der Waals surface area (Å²) in [6.45, 7) is 12.3. The van der Waals surface area contributed by atoms with Crippen LogP contribution in [-0.2, 0) is 0 Å². The summed E-state index contributed by atoms with van der Waals surface area (Å²) < 4.78 is 0. The summed E-state index contributed by atoms with van der Waals surface area (Å²) in [4.78, 5) is 0. The molecule has 0 aromatic heterocycles. The molecule has 0 heteroatoms. The fourth-order valence-electron chi connectivity index (χ4n) is 0.539. The normalized spacial score (nSPS) is 7.46. The average Bonchev–Trinajstić information content (AvgIpc) is 1.88. The summed E-state index contributed by atoms with van der Waals surface area (Å²) in [6, 6.07) is 0. The molecule has 0 aromatic carbocycles.